The SMILES string of the molecule is COc1cc2c(NC3CCN(C(C)C)CC3)nc(N3CC(F)C3)nc2cc1C#CCCN1CCCC1. The van der Waals surface area contributed by atoms with Crippen LogP contribution in [0.5, 0.6) is 5.75 Å². The van der Waals surface area contributed by atoms with Crippen molar-refractivity contribution in [3.05, 3.63) is 17.7 Å². The first-order valence-corrected chi connectivity index (χ1v) is 13.5. The number of nitrogens with zero attached hydrogens (tertiary/aromatic N) is 5. The van der Waals surface area contributed by atoms with Crippen LogP contribution in [0.3, 0.4) is 0 Å². The molecule has 0 amide bonds. The second-order valence-electron chi connectivity index (χ2n) is 10.6. The molecule has 5 rings (SSSR count). The van der Waals surface area contributed by atoms with Crippen molar-refractivity contribution in [2.24, 2.45) is 0 Å². The molecule has 1 N–H and O–H groups in total. The Hall–Kier alpha value is -2.63. The summed E-state index contributed by atoms with van der Waals surface area (Å²) in [4.78, 5) is 16.6. The Labute approximate surface area is 214 Å². The number of alkyl halides is 1. The van der Waals surface area contributed by atoms with Gasteiger partial charge in [-0.1, -0.05) is 11.8 Å². The molecule has 1 aromatic carbocycles. The zero-order valence-corrected chi connectivity index (χ0v) is 21.9. The van der Waals surface area contributed by atoms with Gasteiger partial charge in [-0.2, -0.15) is 4.98 Å². The molecule has 0 aliphatic carbocycles. The van der Waals surface area contributed by atoms with E-state index in [9.17, 15) is 4.39 Å². The number of fused-ring (bicyclic) bond motifs is 1. The first-order chi connectivity index (χ1) is 17.5. The van der Waals surface area contributed by atoms with E-state index in [2.05, 4.69) is 40.8 Å². The van der Waals surface area contributed by atoms with Crippen molar-refractivity contribution in [1.29, 1.82) is 0 Å². The lowest BCUT2D eigenvalue weighted by atomic mass is 10.0. The average molecular weight is 495 g/mol. The van der Waals surface area contributed by atoms with Crippen molar-refractivity contribution in [2.45, 2.75) is 64.2 Å². The Morgan fingerprint density at radius 1 is 1.11 bits per heavy atom. The molecule has 0 saturated carbocycles. The van der Waals surface area contributed by atoms with E-state index in [4.69, 9.17) is 14.7 Å². The van der Waals surface area contributed by atoms with E-state index < -0.39 is 6.17 Å². The Kier molecular flexibility index (Phi) is 7.78. The van der Waals surface area contributed by atoms with Crippen LogP contribution >= 0.6 is 0 Å². The smallest absolute Gasteiger partial charge is 0.228 e. The van der Waals surface area contributed by atoms with Gasteiger partial charge in [-0.25, -0.2) is 9.37 Å². The maximum Gasteiger partial charge on any atom is 0.228 e. The molecule has 0 unspecified atom stereocenters. The van der Waals surface area contributed by atoms with Gasteiger partial charge in [0.2, 0.25) is 5.95 Å². The molecule has 194 valence electrons. The van der Waals surface area contributed by atoms with Gasteiger partial charge in [-0.3, -0.25) is 0 Å². The number of halogens is 1. The zero-order chi connectivity index (χ0) is 25.1. The second kappa shape index (κ2) is 11.2. The number of hydrogen-bond donors (Lipinski definition) is 1. The molecule has 36 heavy (non-hydrogen) atoms. The highest BCUT2D eigenvalue weighted by Crippen LogP contribution is 2.32. The van der Waals surface area contributed by atoms with Crippen molar-refractivity contribution in [1.82, 2.24) is 19.8 Å². The summed E-state index contributed by atoms with van der Waals surface area (Å²) in [6, 6.07) is 4.91. The van der Waals surface area contributed by atoms with Gasteiger partial charge in [-0.05, 0) is 64.8 Å². The fourth-order valence-electron chi connectivity index (χ4n) is 5.38. The summed E-state index contributed by atoms with van der Waals surface area (Å²) in [5.74, 6) is 8.76. The predicted molar refractivity (Wildman–Crippen MR) is 144 cm³/mol. The summed E-state index contributed by atoms with van der Waals surface area (Å²) < 4.78 is 19.4. The number of anilines is 2. The molecule has 0 spiro atoms. The largest absolute Gasteiger partial charge is 0.495 e. The van der Waals surface area contributed by atoms with Gasteiger partial charge in [0.25, 0.3) is 0 Å². The van der Waals surface area contributed by atoms with Gasteiger partial charge >= 0.3 is 0 Å². The van der Waals surface area contributed by atoms with Gasteiger partial charge in [0.05, 0.1) is 31.3 Å². The van der Waals surface area contributed by atoms with Crippen molar-refractivity contribution in [3.63, 3.8) is 0 Å². The minimum absolute atomic E-state index is 0.340. The minimum Gasteiger partial charge on any atom is -0.495 e. The number of hydrogen-bond acceptors (Lipinski definition) is 7. The molecule has 3 saturated heterocycles. The summed E-state index contributed by atoms with van der Waals surface area (Å²) in [7, 11) is 1.68. The highest BCUT2D eigenvalue weighted by atomic mass is 19.1. The first-order valence-electron chi connectivity index (χ1n) is 13.5. The number of nitrogens with one attached hydrogen (secondary N) is 1. The van der Waals surface area contributed by atoms with Crippen LogP contribution in [0.25, 0.3) is 10.9 Å². The summed E-state index contributed by atoms with van der Waals surface area (Å²) in [6.07, 6.45) is 4.74. The fourth-order valence-corrected chi connectivity index (χ4v) is 5.38. The Morgan fingerprint density at radius 3 is 2.53 bits per heavy atom. The molecule has 1 aromatic heterocycles. The average Bonchev–Trinajstić information content (AvgIpc) is 3.38. The third-order valence-corrected chi connectivity index (χ3v) is 7.70. The van der Waals surface area contributed by atoms with Crippen molar-refractivity contribution in [2.75, 3.05) is 63.1 Å². The molecule has 2 aromatic rings. The van der Waals surface area contributed by atoms with Crippen molar-refractivity contribution < 1.29 is 9.13 Å². The Morgan fingerprint density at radius 2 is 1.86 bits per heavy atom. The maximum absolute atomic E-state index is 13.6. The number of aromatic nitrogens is 2. The van der Waals surface area contributed by atoms with Crippen LogP contribution in [0.4, 0.5) is 16.2 Å². The lowest BCUT2D eigenvalue weighted by Gasteiger charge is -2.36. The van der Waals surface area contributed by atoms with Gasteiger partial charge in [-0.15, -0.1) is 0 Å². The lowest BCUT2D eigenvalue weighted by molar-refractivity contribution is 0.177. The van der Waals surface area contributed by atoms with E-state index in [1.54, 1.807) is 7.11 Å². The molecule has 0 radical (unpaired) electrons. The number of likely N-dealkylation sites (tertiary alicyclic amines) is 2. The van der Waals surface area contributed by atoms with Gasteiger partial charge < -0.3 is 24.8 Å². The molecular weight excluding hydrogens is 455 g/mol. The maximum atomic E-state index is 13.6. The van der Waals surface area contributed by atoms with Crippen LogP contribution in [0.1, 0.15) is 51.5 Å². The van der Waals surface area contributed by atoms with E-state index >= 15 is 0 Å². The predicted octanol–water partition coefficient (Wildman–Crippen LogP) is 3.92. The number of ether oxygens (including phenoxy) is 1. The van der Waals surface area contributed by atoms with E-state index in [0.717, 1.165) is 66.9 Å². The van der Waals surface area contributed by atoms with Crippen LogP contribution in [0, 0.1) is 11.8 Å². The number of methoxy groups -OCH3 is 1. The van der Waals surface area contributed by atoms with Gasteiger partial charge in [0.15, 0.2) is 0 Å². The highest BCUT2D eigenvalue weighted by molar-refractivity contribution is 5.93. The van der Waals surface area contributed by atoms with Crippen molar-refractivity contribution >= 4 is 22.7 Å². The van der Waals surface area contributed by atoms with E-state index in [0.29, 0.717) is 31.1 Å². The summed E-state index contributed by atoms with van der Waals surface area (Å²) in [5, 5.41) is 4.62. The van der Waals surface area contributed by atoms with Gasteiger partial charge in [0, 0.05) is 43.5 Å². The van der Waals surface area contributed by atoms with Gasteiger partial charge in [0.1, 0.15) is 17.7 Å². The van der Waals surface area contributed by atoms with Crippen LogP contribution < -0.4 is 15.0 Å². The van der Waals surface area contributed by atoms with Crippen LogP contribution in [0.15, 0.2) is 12.1 Å². The number of piperidine rings is 1. The molecule has 8 heteroatoms. The molecule has 3 fully saturated rings. The van der Waals surface area contributed by atoms with Crippen LogP contribution in [-0.2, 0) is 0 Å². The number of rotatable bonds is 7. The quantitative estimate of drug-likeness (QED) is 0.586. The molecule has 3 aliphatic rings. The van der Waals surface area contributed by atoms with Crippen LogP contribution in [-0.4, -0.2) is 90.9 Å². The topological polar surface area (TPSA) is 56.8 Å². The number of benzene rings is 1. The van der Waals surface area contributed by atoms with Crippen LogP contribution in [0.2, 0.25) is 0 Å². The highest BCUT2D eigenvalue weighted by Gasteiger charge is 2.30. The second-order valence-corrected chi connectivity index (χ2v) is 10.6. The molecule has 0 atom stereocenters. The van der Waals surface area contributed by atoms with E-state index in [-0.39, 0.29) is 0 Å². The molecule has 3 aliphatic heterocycles. The Balaban J connectivity index is 1.41. The lowest BCUT2D eigenvalue weighted by Crippen LogP contribution is -2.49. The molecule has 7 nitrogen and oxygen atoms in total. The van der Waals surface area contributed by atoms with E-state index in [1.807, 2.05) is 17.0 Å². The summed E-state index contributed by atoms with van der Waals surface area (Å²) in [5.41, 5.74) is 1.65. The molecule has 0 bridgehead atoms. The van der Waals surface area contributed by atoms with Crippen molar-refractivity contribution in [3.8, 4) is 17.6 Å². The third-order valence-electron chi connectivity index (χ3n) is 7.70. The van der Waals surface area contributed by atoms with E-state index in [1.165, 1.54) is 25.9 Å². The zero-order valence-electron chi connectivity index (χ0n) is 21.9. The first kappa shape index (κ1) is 25.0. The fraction of sp³-hybridized carbons (Fsp3) is 0.643. The molecular formula is C28H39FN6O. The Bertz CT molecular complexity index is 1110. The summed E-state index contributed by atoms with van der Waals surface area (Å²) in [6.45, 7) is 10.7. The third kappa shape index (κ3) is 5.68. The standard InChI is InChI=1S/C28H39FN6O/c1-20(2)34-14-9-23(10-15-34)30-27-24-17-26(36-3)21(8-4-5-11-33-12-6-7-13-33)16-25(24)31-28(32-27)35-18-22(29)19-35/h16-17,20,22-23H,5-7,9-15,18-19H2,1-3H3,(H,30,31,32). The summed E-state index contributed by atoms with van der Waals surface area (Å²) >= 11 is 0. The minimum atomic E-state index is -0.811. The normalized spacial score (nSPS) is 20.0. The monoisotopic (exact) mass is 494 g/mol. The molecule has 4 heterocycles.